The predicted octanol–water partition coefficient (Wildman–Crippen LogP) is 2.56. The van der Waals surface area contributed by atoms with E-state index < -0.39 is 18.1 Å². The van der Waals surface area contributed by atoms with E-state index in [-0.39, 0.29) is 12.4 Å². The first-order chi connectivity index (χ1) is 8.19. The van der Waals surface area contributed by atoms with Crippen LogP contribution in [0, 0.1) is 5.92 Å². The van der Waals surface area contributed by atoms with Gasteiger partial charge in [-0.3, -0.25) is 4.79 Å². The normalized spacial score (nSPS) is 19.0. The molecule has 2 N–H and O–H groups in total. The fourth-order valence-corrected chi connectivity index (χ4v) is 2.42. The van der Waals surface area contributed by atoms with Gasteiger partial charge >= 0.3 is 5.97 Å². The molecule has 6 nitrogen and oxygen atoms in total. The van der Waals surface area contributed by atoms with Crippen LogP contribution >= 0.6 is 12.4 Å². The molecule has 0 amide bonds. The number of hydrogen-bond acceptors (Lipinski definition) is 4. The number of nitrogens with zero attached hydrogens (tertiary/aromatic N) is 3. The van der Waals surface area contributed by atoms with E-state index in [1.54, 1.807) is 0 Å². The number of rotatable bonds is 5. The van der Waals surface area contributed by atoms with Crippen LogP contribution in [0.1, 0.15) is 38.5 Å². The third kappa shape index (κ3) is 5.12. The Hall–Kier alpha value is -0.970. The average Bonchev–Trinajstić information content (AvgIpc) is 2.36. The molecule has 0 aromatic rings. The maximum Gasteiger partial charge on any atom is 0.316 e. The number of azide groups is 1. The van der Waals surface area contributed by atoms with Crippen molar-refractivity contribution in [3.8, 4) is 0 Å². The van der Waals surface area contributed by atoms with E-state index in [0.717, 1.165) is 19.3 Å². The Morgan fingerprint density at radius 1 is 1.50 bits per heavy atom. The Bertz CT molecular complexity index is 301. The molecule has 0 heterocycles. The summed E-state index contributed by atoms with van der Waals surface area (Å²) < 4.78 is 4.59. The van der Waals surface area contributed by atoms with E-state index in [9.17, 15) is 4.79 Å². The number of carbonyl (C=O) groups is 1. The molecule has 0 unspecified atom stereocenters. The second-order valence-corrected chi connectivity index (χ2v) is 4.58. The lowest BCUT2D eigenvalue weighted by atomic mass is 9.83. The molecule has 0 bridgehead atoms. The van der Waals surface area contributed by atoms with E-state index in [0.29, 0.717) is 5.92 Å². The summed E-state index contributed by atoms with van der Waals surface area (Å²) in [4.78, 5) is 14.1. The Morgan fingerprint density at radius 2 is 2.11 bits per heavy atom. The summed E-state index contributed by atoms with van der Waals surface area (Å²) in [5.74, 6) is -0.00842. The van der Waals surface area contributed by atoms with Gasteiger partial charge in [-0.2, -0.15) is 0 Å². The molecule has 0 spiro atoms. The number of hydrogen-bond donors (Lipinski definition) is 1. The second-order valence-electron chi connectivity index (χ2n) is 4.58. The third-order valence-electron chi connectivity index (χ3n) is 3.35. The van der Waals surface area contributed by atoms with Gasteiger partial charge in [0.15, 0.2) is 0 Å². The van der Waals surface area contributed by atoms with Crippen molar-refractivity contribution in [3.63, 3.8) is 0 Å². The molecule has 1 saturated carbocycles. The summed E-state index contributed by atoms with van der Waals surface area (Å²) in [6, 6.07) is -1.34. The van der Waals surface area contributed by atoms with Gasteiger partial charge in [0.25, 0.3) is 0 Å². The maximum atomic E-state index is 11.4. The fraction of sp³-hybridized carbons (Fsp3) is 0.909. The van der Waals surface area contributed by atoms with Crippen LogP contribution in [-0.2, 0) is 9.53 Å². The van der Waals surface area contributed by atoms with E-state index in [1.165, 1.54) is 26.4 Å². The van der Waals surface area contributed by atoms with Crippen molar-refractivity contribution >= 4 is 18.4 Å². The molecule has 1 aliphatic carbocycles. The first-order valence-corrected chi connectivity index (χ1v) is 6.06. The van der Waals surface area contributed by atoms with Crippen molar-refractivity contribution < 1.29 is 9.53 Å². The van der Waals surface area contributed by atoms with Gasteiger partial charge in [-0.1, -0.05) is 37.2 Å². The van der Waals surface area contributed by atoms with Crippen LogP contribution in [0.2, 0.25) is 0 Å². The monoisotopic (exact) mass is 276 g/mol. The summed E-state index contributed by atoms with van der Waals surface area (Å²) in [6.07, 6.45) is 6.75. The molecule has 0 aromatic carbocycles. The number of ether oxygens (including phenoxy) is 1. The maximum absolute atomic E-state index is 11.4. The molecular formula is C11H21ClN4O2. The van der Waals surface area contributed by atoms with Crippen molar-refractivity contribution in [2.24, 2.45) is 16.8 Å². The molecule has 0 aromatic heterocycles. The van der Waals surface area contributed by atoms with Gasteiger partial charge in [-0.15, -0.1) is 12.4 Å². The van der Waals surface area contributed by atoms with Crippen LogP contribution in [0.4, 0.5) is 0 Å². The Labute approximate surface area is 113 Å². The van der Waals surface area contributed by atoms with Gasteiger partial charge in [-0.05, 0) is 17.9 Å². The summed E-state index contributed by atoms with van der Waals surface area (Å²) in [6.45, 7) is 0. The zero-order valence-corrected chi connectivity index (χ0v) is 11.4. The quantitative estimate of drug-likeness (QED) is 0.361. The highest BCUT2D eigenvalue weighted by Crippen LogP contribution is 2.27. The zero-order chi connectivity index (χ0) is 12.7. The molecule has 2 atom stereocenters. The number of carbonyl (C=O) groups excluding carboxylic acids is 1. The predicted molar refractivity (Wildman–Crippen MR) is 71.4 cm³/mol. The van der Waals surface area contributed by atoms with Gasteiger partial charge in [0.1, 0.15) is 6.04 Å². The van der Waals surface area contributed by atoms with Crippen molar-refractivity contribution in [2.45, 2.75) is 50.6 Å². The number of halogens is 1. The van der Waals surface area contributed by atoms with Crippen LogP contribution in [0.5, 0.6) is 0 Å². The number of esters is 1. The standard InChI is InChI=1S/C11H20N4O2.ClH/c1-17-11(16)10(14-15-13)9(12)7-8-5-3-2-4-6-8;/h8-10H,2-7,12H2,1H3;1H/t9-,10-;/m0./s1. The Balaban J connectivity index is 0.00000289. The van der Waals surface area contributed by atoms with Gasteiger partial charge in [0.05, 0.1) is 7.11 Å². The lowest BCUT2D eigenvalue weighted by Gasteiger charge is -2.26. The van der Waals surface area contributed by atoms with Crippen LogP contribution in [0.15, 0.2) is 5.11 Å². The first-order valence-electron chi connectivity index (χ1n) is 6.06. The highest BCUT2D eigenvalue weighted by Gasteiger charge is 2.28. The minimum atomic E-state index is -0.896. The highest BCUT2D eigenvalue weighted by molar-refractivity contribution is 5.85. The highest BCUT2D eigenvalue weighted by atomic mass is 35.5. The van der Waals surface area contributed by atoms with Crippen LogP contribution < -0.4 is 5.73 Å². The van der Waals surface area contributed by atoms with Crippen LogP contribution in [0.3, 0.4) is 0 Å². The van der Waals surface area contributed by atoms with E-state index in [1.807, 2.05) is 0 Å². The molecule has 18 heavy (non-hydrogen) atoms. The van der Waals surface area contributed by atoms with Crippen LogP contribution in [0.25, 0.3) is 10.4 Å². The smallest absolute Gasteiger partial charge is 0.316 e. The van der Waals surface area contributed by atoms with Crippen molar-refractivity contribution in [2.75, 3.05) is 7.11 Å². The van der Waals surface area contributed by atoms with E-state index >= 15 is 0 Å². The molecule has 104 valence electrons. The SMILES string of the molecule is COC(=O)[C@@H](N=[N+]=[N-])[C@@H](N)CC1CCCCC1.Cl. The molecule has 7 heteroatoms. The second kappa shape index (κ2) is 9.03. The van der Waals surface area contributed by atoms with E-state index in [2.05, 4.69) is 14.8 Å². The molecule has 1 aliphatic rings. The zero-order valence-electron chi connectivity index (χ0n) is 10.6. The largest absolute Gasteiger partial charge is 0.469 e. The summed E-state index contributed by atoms with van der Waals surface area (Å²) in [5.41, 5.74) is 14.4. The average molecular weight is 277 g/mol. The van der Waals surface area contributed by atoms with Crippen molar-refractivity contribution in [1.29, 1.82) is 0 Å². The van der Waals surface area contributed by atoms with Gasteiger partial charge in [0, 0.05) is 11.0 Å². The molecule has 0 radical (unpaired) electrons. The molecule has 1 rings (SSSR count). The molecule has 0 saturated heterocycles. The number of nitrogens with two attached hydrogens (primary N) is 1. The Morgan fingerprint density at radius 3 is 2.61 bits per heavy atom. The minimum Gasteiger partial charge on any atom is -0.469 e. The first kappa shape index (κ1) is 17.0. The van der Waals surface area contributed by atoms with E-state index in [4.69, 9.17) is 11.3 Å². The summed E-state index contributed by atoms with van der Waals surface area (Å²) in [5, 5.41) is 3.44. The topological polar surface area (TPSA) is 101 Å². The van der Waals surface area contributed by atoms with Crippen LogP contribution in [-0.4, -0.2) is 25.2 Å². The summed E-state index contributed by atoms with van der Waals surface area (Å²) >= 11 is 0. The molecule has 1 fully saturated rings. The van der Waals surface area contributed by atoms with Gasteiger partial charge < -0.3 is 10.5 Å². The molecular weight excluding hydrogens is 256 g/mol. The summed E-state index contributed by atoms with van der Waals surface area (Å²) in [7, 11) is 1.27. The third-order valence-corrected chi connectivity index (χ3v) is 3.35. The number of methoxy groups -OCH3 is 1. The molecule has 0 aliphatic heterocycles. The fourth-order valence-electron chi connectivity index (χ4n) is 2.42. The lowest BCUT2D eigenvalue weighted by molar-refractivity contribution is -0.142. The van der Waals surface area contributed by atoms with Crippen molar-refractivity contribution in [1.82, 2.24) is 0 Å². The lowest BCUT2D eigenvalue weighted by Crippen LogP contribution is -2.41. The minimum absolute atomic E-state index is 0. The van der Waals surface area contributed by atoms with Crippen molar-refractivity contribution in [3.05, 3.63) is 10.4 Å². The van der Waals surface area contributed by atoms with Gasteiger partial charge in [-0.25, -0.2) is 0 Å². The Kier molecular flexibility index (Phi) is 8.54. The van der Waals surface area contributed by atoms with Gasteiger partial charge in [0.2, 0.25) is 0 Å².